The smallest absolute Gasteiger partial charge is 0.341 e. The zero-order chi connectivity index (χ0) is 15.2. The van der Waals surface area contributed by atoms with Gasteiger partial charge in [-0.3, -0.25) is 4.79 Å². The van der Waals surface area contributed by atoms with Crippen molar-refractivity contribution in [1.82, 2.24) is 5.32 Å². The number of amides is 1. The molecule has 0 spiro atoms. The lowest BCUT2D eigenvalue weighted by Gasteiger charge is -2.23. The van der Waals surface area contributed by atoms with Crippen LogP contribution in [0.3, 0.4) is 0 Å². The molecule has 1 N–H and O–H groups in total. The van der Waals surface area contributed by atoms with Gasteiger partial charge in [-0.15, -0.1) is 0 Å². The van der Waals surface area contributed by atoms with E-state index in [0.717, 1.165) is 6.42 Å². The lowest BCUT2D eigenvalue weighted by Crippen LogP contribution is -2.35. The Bertz CT molecular complexity index is 529. The van der Waals surface area contributed by atoms with E-state index in [1.807, 2.05) is 0 Å². The first-order valence-electron chi connectivity index (χ1n) is 6.80. The van der Waals surface area contributed by atoms with Gasteiger partial charge in [-0.2, -0.15) is 0 Å². The van der Waals surface area contributed by atoms with Crippen LogP contribution in [-0.2, 0) is 9.53 Å². The van der Waals surface area contributed by atoms with E-state index in [2.05, 4.69) is 5.32 Å². The summed E-state index contributed by atoms with van der Waals surface area (Å²) in [6.07, 6.45) is 1.29. The van der Waals surface area contributed by atoms with Crippen molar-refractivity contribution in [2.45, 2.75) is 12.8 Å². The maximum atomic E-state index is 11.8. The van der Waals surface area contributed by atoms with Crippen LogP contribution in [0.25, 0.3) is 0 Å². The highest BCUT2D eigenvalue weighted by molar-refractivity contribution is 5.93. The first-order chi connectivity index (χ1) is 10.2. The number of nitrogens with one attached hydrogen (secondary N) is 1. The minimum Gasteiger partial charge on any atom is -0.493 e. The van der Waals surface area contributed by atoms with E-state index in [1.165, 1.54) is 14.2 Å². The molecule has 1 heterocycles. The van der Waals surface area contributed by atoms with Gasteiger partial charge in [-0.25, -0.2) is 4.79 Å². The van der Waals surface area contributed by atoms with Crippen molar-refractivity contribution in [3.63, 3.8) is 0 Å². The predicted octanol–water partition coefficient (Wildman–Crippen LogP) is 1.39. The second-order valence-corrected chi connectivity index (χ2v) is 4.85. The van der Waals surface area contributed by atoms with E-state index in [0.29, 0.717) is 36.6 Å². The van der Waals surface area contributed by atoms with E-state index in [1.54, 1.807) is 18.2 Å². The van der Waals surface area contributed by atoms with Crippen LogP contribution in [0.1, 0.15) is 23.2 Å². The van der Waals surface area contributed by atoms with E-state index in [4.69, 9.17) is 14.2 Å². The van der Waals surface area contributed by atoms with Crippen LogP contribution < -0.4 is 14.8 Å². The van der Waals surface area contributed by atoms with Gasteiger partial charge in [0.25, 0.3) is 0 Å². The normalized spacial score (nSPS) is 17.8. The zero-order valence-electron chi connectivity index (χ0n) is 12.2. The van der Waals surface area contributed by atoms with Crippen LogP contribution in [0, 0.1) is 5.92 Å². The minimum atomic E-state index is -0.481. The van der Waals surface area contributed by atoms with Gasteiger partial charge in [0, 0.05) is 18.9 Å². The summed E-state index contributed by atoms with van der Waals surface area (Å²) in [4.78, 5) is 23.1. The predicted molar refractivity (Wildman–Crippen MR) is 75.6 cm³/mol. The Hall–Kier alpha value is -2.24. The fraction of sp³-hybridized carbons (Fsp3) is 0.467. The fourth-order valence-electron chi connectivity index (χ4n) is 2.29. The molecule has 2 rings (SSSR count). The third-order valence-corrected chi connectivity index (χ3v) is 3.42. The Morgan fingerprint density at radius 1 is 1.38 bits per heavy atom. The van der Waals surface area contributed by atoms with Gasteiger partial charge in [0.2, 0.25) is 5.91 Å². The molecule has 0 radical (unpaired) electrons. The molecule has 1 saturated heterocycles. The van der Waals surface area contributed by atoms with Gasteiger partial charge in [0.15, 0.2) is 11.5 Å². The monoisotopic (exact) mass is 293 g/mol. The molecule has 0 aromatic heterocycles. The maximum Gasteiger partial charge on any atom is 0.341 e. The molecule has 1 fully saturated rings. The van der Waals surface area contributed by atoms with E-state index < -0.39 is 5.97 Å². The number of hydrogen-bond acceptors (Lipinski definition) is 5. The highest BCUT2D eigenvalue weighted by Crippen LogP contribution is 2.32. The van der Waals surface area contributed by atoms with Crippen molar-refractivity contribution in [1.29, 1.82) is 0 Å². The van der Waals surface area contributed by atoms with Gasteiger partial charge in [0.05, 0.1) is 20.8 Å². The quantitative estimate of drug-likeness (QED) is 0.830. The Kier molecular flexibility index (Phi) is 5.03. The number of carbonyl (C=O) groups excluding carboxylic acids is 2. The van der Waals surface area contributed by atoms with Crippen LogP contribution >= 0.6 is 0 Å². The number of rotatable bonds is 5. The summed E-state index contributed by atoms with van der Waals surface area (Å²) in [7, 11) is 2.83. The van der Waals surface area contributed by atoms with E-state index in [-0.39, 0.29) is 11.8 Å². The SMILES string of the molecule is COC(=O)c1cccc(OC)c1OCC1CCNC(=O)C1. The Balaban J connectivity index is 2.13. The highest BCUT2D eigenvalue weighted by Gasteiger charge is 2.22. The van der Waals surface area contributed by atoms with Gasteiger partial charge >= 0.3 is 5.97 Å². The van der Waals surface area contributed by atoms with E-state index >= 15 is 0 Å². The second-order valence-electron chi connectivity index (χ2n) is 4.85. The van der Waals surface area contributed by atoms with Crippen LogP contribution in [0.5, 0.6) is 11.5 Å². The molecular formula is C15H19NO5. The fourth-order valence-corrected chi connectivity index (χ4v) is 2.29. The summed E-state index contributed by atoms with van der Waals surface area (Å²) in [6, 6.07) is 5.04. The van der Waals surface area contributed by atoms with Crippen LogP contribution in [-0.4, -0.2) is 39.2 Å². The number of carbonyl (C=O) groups is 2. The second kappa shape index (κ2) is 6.97. The molecule has 1 atom stereocenters. The highest BCUT2D eigenvalue weighted by atomic mass is 16.5. The molecule has 1 aromatic rings. The van der Waals surface area contributed by atoms with Gasteiger partial charge in [-0.05, 0) is 18.6 Å². The Morgan fingerprint density at radius 2 is 2.19 bits per heavy atom. The molecule has 0 aliphatic carbocycles. The molecule has 0 saturated carbocycles. The van der Waals surface area contributed by atoms with Crippen molar-refractivity contribution in [2.75, 3.05) is 27.4 Å². The average molecular weight is 293 g/mol. The summed E-state index contributed by atoms with van der Waals surface area (Å²) in [5.74, 6) is 0.513. The van der Waals surface area contributed by atoms with Crippen molar-refractivity contribution in [3.05, 3.63) is 23.8 Å². The topological polar surface area (TPSA) is 73.9 Å². The Labute approximate surface area is 123 Å². The molecule has 6 nitrogen and oxygen atoms in total. The number of piperidine rings is 1. The van der Waals surface area contributed by atoms with Crippen LogP contribution in [0.15, 0.2) is 18.2 Å². The number of esters is 1. The van der Waals surface area contributed by atoms with Crippen LogP contribution in [0.2, 0.25) is 0 Å². The number of hydrogen-bond donors (Lipinski definition) is 1. The lowest BCUT2D eigenvalue weighted by atomic mass is 9.99. The molecule has 1 amide bonds. The largest absolute Gasteiger partial charge is 0.493 e. The van der Waals surface area contributed by atoms with Crippen molar-refractivity contribution < 1.29 is 23.8 Å². The standard InChI is InChI=1S/C15H19NO5/c1-19-12-5-3-4-11(15(18)20-2)14(12)21-9-10-6-7-16-13(17)8-10/h3-5,10H,6-9H2,1-2H3,(H,16,17). The number of methoxy groups -OCH3 is 2. The zero-order valence-corrected chi connectivity index (χ0v) is 12.2. The molecular weight excluding hydrogens is 274 g/mol. The molecule has 1 aliphatic rings. The van der Waals surface area contributed by atoms with Gasteiger partial charge < -0.3 is 19.5 Å². The van der Waals surface area contributed by atoms with Crippen molar-refractivity contribution >= 4 is 11.9 Å². The summed E-state index contributed by atoms with van der Waals surface area (Å²) >= 11 is 0. The first kappa shape index (κ1) is 15.2. The third kappa shape index (κ3) is 3.65. The molecule has 21 heavy (non-hydrogen) atoms. The van der Waals surface area contributed by atoms with E-state index in [9.17, 15) is 9.59 Å². The summed E-state index contributed by atoms with van der Waals surface area (Å²) < 4.78 is 15.7. The molecule has 114 valence electrons. The number of ether oxygens (including phenoxy) is 3. The van der Waals surface area contributed by atoms with Crippen LogP contribution in [0.4, 0.5) is 0 Å². The molecule has 6 heteroatoms. The summed E-state index contributed by atoms with van der Waals surface area (Å²) in [5, 5.41) is 2.78. The number of benzene rings is 1. The van der Waals surface area contributed by atoms with Gasteiger partial charge in [0.1, 0.15) is 5.56 Å². The molecule has 0 bridgehead atoms. The molecule has 1 aromatic carbocycles. The Morgan fingerprint density at radius 3 is 2.86 bits per heavy atom. The lowest BCUT2D eigenvalue weighted by molar-refractivity contribution is -0.123. The summed E-state index contributed by atoms with van der Waals surface area (Å²) in [5.41, 5.74) is 0.317. The third-order valence-electron chi connectivity index (χ3n) is 3.42. The number of para-hydroxylation sites is 1. The molecule has 1 unspecified atom stereocenters. The minimum absolute atomic E-state index is 0.0306. The molecule has 1 aliphatic heterocycles. The average Bonchev–Trinajstić information content (AvgIpc) is 2.51. The summed E-state index contributed by atoms with van der Waals surface area (Å²) in [6.45, 7) is 1.01. The van der Waals surface area contributed by atoms with Crippen molar-refractivity contribution in [2.24, 2.45) is 5.92 Å². The maximum absolute atomic E-state index is 11.8. The van der Waals surface area contributed by atoms with Gasteiger partial charge in [-0.1, -0.05) is 6.07 Å². The first-order valence-corrected chi connectivity index (χ1v) is 6.80. The van der Waals surface area contributed by atoms with Crippen molar-refractivity contribution in [3.8, 4) is 11.5 Å².